The monoisotopic (exact) mass is 411 g/mol. The van der Waals surface area contributed by atoms with Crippen molar-refractivity contribution in [2.45, 2.75) is 72.1 Å². The average Bonchev–Trinajstić information content (AvgIpc) is 3.10. The summed E-state index contributed by atoms with van der Waals surface area (Å²) in [5.74, 6) is 2.72. The maximum absolute atomic E-state index is 9.90. The fourth-order valence-electron chi connectivity index (χ4n) is 7.13. The Morgan fingerprint density at radius 3 is 2.73 bits per heavy atom. The molecule has 1 N–H and O–H groups in total. The van der Waals surface area contributed by atoms with Crippen LogP contribution in [-0.4, -0.2) is 42.9 Å². The summed E-state index contributed by atoms with van der Waals surface area (Å²) in [5.41, 5.74) is 6.50. The highest BCUT2D eigenvalue weighted by molar-refractivity contribution is 5.41. The Labute approximate surface area is 183 Å². The van der Waals surface area contributed by atoms with Crippen molar-refractivity contribution in [1.82, 2.24) is 4.90 Å². The number of phenols is 1. The zero-order valence-electron chi connectivity index (χ0n) is 19.5. The zero-order chi connectivity index (χ0) is 21.3. The number of hydrogen-bond acceptors (Lipinski definition) is 3. The molecular formula is C27H41NO2. The van der Waals surface area contributed by atoms with E-state index in [0.717, 1.165) is 51.1 Å². The topological polar surface area (TPSA) is 32.7 Å². The molecule has 2 saturated carbocycles. The summed E-state index contributed by atoms with van der Waals surface area (Å²) in [6.07, 6.45) is 7.60. The van der Waals surface area contributed by atoms with Crippen molar-refractivity contribution in [3.05, 3.63) is 40.5 Å². The second-order valence-electron chi connectivity index (χ2n) is 10.1. The molecule has 1 aromatic carbocycles. The molecule has 0 aromatic heterocycles. The fourth-order valence-corrected chi connectivity index (χ4v) is 7.13. The lowest BCUT2D eigenvalue weighted by atomic mass is 9.55. The van der Waals surface area contributed by atoms with Gasteiger partial charge in [-0.15, -0.1) is 0 Å². The van der Waals surface area contributed by atoms with Gasteiger partial charge in [0.1, 0.15) is 5.75 Å². The minimum Gasteiger partial charge on any atom is -0.508 e. The Morgan fingerprint density at radius 2 is 1.97 bits per heavy atom. The van der Waals surface area contributed by atoms with Crippen molar-refractivity contribution >= 4 is 0 Å². The number of rotatable bonds is 7. The molecule has 0 radical (unpaired) electrons. The molecule has 166 valence electrons. The first kappa shape index (κ1) is 21.9. The molecule has 0 amide bonds. The van der Waals surface area contributed by atoms with Crippen molar-refractivity contribution in [1.29, 1.82) is 0 Å². The van der Waals surface area contributed by atoms with Gasteiger partial charge in [-0.2, -0.15) is 0 Å². The Hall–Kier alpha value is -1.32. The molecular weight excluding hydrogens is 370 g/mol. The van der Waals surface area contributed by atoms with Crippen LogP contribution in [-0.2, 0) is 11.2 Å². The smallest absolute Gasteiger partial charge is 0.115 e. The molecule has 3 aliphatic rings. The molecule has 30 heavy (non-hydrogen) atoms. The summed E-state index contributed by atoms with van der Waals surface area (Å²) >= 11 is 0. The zero-order valence-corrected chi connectivity index (χ0v) is 19.5. The molecule has 0 heterocycles. The highest BCUT2D eigenvalue weighted by Gasteiger charge is 2.52. The number of benzene rings is 1. The second-order valence-corrected chi connectivity index (χ2v) is 10.1. The largest absolute Gasteiger partial charge is 0.508 e. The molecule has 0 unspecified atom stereocenters. The van der Waals surface area contributed by atoms with Crippen LogP contribution in [0.1, 0.15) is 76.8 Å². The van der Waals surface area contributed by atoms with E-state index in [1.54, 1.807) is 5.57 Å². The number of allylic oxidation sites excluding steroid dienone is 1. The van der Waals surface area contributed by atoms with Gasteiger partial charge in [0.2, 0.25) is 0 Å². The van der Waals surface area contributed by atoms with Crippen LogP contribution in [0.2, 0.25) is 0 Å². The Bertz CT molecular complexity index is 781. The highest BCUT2D eigenvalue weighted by Crippen LogP contribution is 2.63. The Balaban J connectivity index is 1.44. The van der Waals surface area contributed by atoms with Crippen molar-refractivity contribution in [3.8, 4) is 5.75 Å². The van der Waals surface area contributed by atoms with Gasteiger partial charge < -0.3 is 14.7 Å². The molecule has 3 heteroatoms. The normalized spacial score (nSPS) is 32.0. The van der Waals surface area contributed by atoms with E-state index < -0.39 is 0 Å². The Kier molecular flexibility index (Phi) is 6.60. The number of hydrogen-bond donors (Lipinski definition) is 1. The van der Waals surface area contributed by atoms with E-state index >= 15 is 0 Å². The highest BCUT2D eigenvalue weighted by atomic mass is 16.5. The van der Waals surface area contributed by atoms with Crippen LogP contribution in [0.25, 0.3) is 0 Å². The van der Waals surface area contributed by atoms with Gasteiger partial charge in [0.25, 0.3) is 0 Å². The number of nitrogens with zero attached hydrogens (tertiary/aromatic N) is 1. The van der Waals surface area contributed by atoms with Gasteiger partial charge >= 0.3 is 0 Å². The first-order chi connectivity index (χ1) is 14.5. The van der Waals surface area contributed by atoms with E-state index in [1.165, 1.54) is 48.8 Å². The van der Waals surface area contributed by atoms with Crippen LogP contribution in [0.15, 0.2) is 29.3 Å². The maximum atomic E-state index is 9.90. The molecule has 0 spiro atoms. The van der Waals surface area contributed by atoms with E-state index in [0.29, 0.717) is 17.1 Å². The second kappa shape index (κ2) is 9.04. The van der Waals surface area contributed by atoms with E-state index in [-0.39, 0.29) is 0 Å². The molecule has 3 nitrogen and oxygen atoms in total. The van der Waals surface area contributed by atoms with Gasteiger partial charge in [-0.1, -0.05) is 32.4 Å². The molecule has 1 aromatic rings. The predicted octanol–water partition coefficient (Wildman–Crippen LogP) is 5.92. The third-order valence-corrected chi connectivity index (χ3v) is 8.77. The minimum absolute atomic E-state index is 0.363. The van der Waals surface area contributed by atoms with Crippen LogP contribution in [0.4, 0.5) is 0 Å². The van der Waals surface area contributed by atoms with Crippen molar-refractivity contribution in [3.63, 3.8) is 0 Å². The van der Waals surface area contributed by atoms with Gasteiger partial charge in [0.05, 0.1) is 13.2 Å². The van der Waals surface area contributed by atoms with Crippen LogP contribution in [0.3, 0.4) is 0 Å². The van der Waals surface area contributed by atoms with E-state index in [9.17, 15) is 5.11 Å². The van der Waals surface area contributed by atoms with Crippen LogP contribution >= 0.6 is 0 Å². The standard InChI is InChI=1S/C27H41NO2/c1-5-28(6-2)15-16-30-18-19(3)25-11-12-26-24-9-7-20-17-21(29)8-10-22(20)23(24)13-14-27(25,26)4/h8,10,17,23-24,26,29H,5-7,9,11-16,18H2,1-4H3/b25-19+/t23-,24-,26+,27-/m1/s1. The third kappa shape index (κ3) is 3.96. The minimum atomic E-state index is 0.363. The summed E-state index contributed by atoms with van der Waals surface area (Å²) < 4.78 is 6.11. The molecule has 0 saturated heterocycles. The Morgan fingerprint density at radius 1 is 1.17 bits per heavy atom. The first-order valence-electron chi connectivity index (χ1n) is 12.3. The van der Waals surface area contributed by atoms with Gasteiger partial charge in [-0.3, -0.25) is 0 Å². The molecule has 3 aliphatic carbocycles. The third-order valence-electron chi connectivity index (χ3n) is 8.77. The number of fused-ring (bicyclic) bond motifs is 5. The summed E-state index contributed by atoms with van der Waals surface area (Å²) in [4.78, 5) is 2.43. The van der Waals surface area contributed by atoms with E-state index in [4.69, 9.17) is 4.74 Å². The number of phenolic OH excluding ortho intramolecular Hbond substituents is 1. The quantitative estimate of drug-likeness (QED) is 0.446. The molecule has 4 rings (SSSR count). The fraction of sp³-hybridized carbons (Fsp3) is 0.704. The summed E-state index contributed by atoms with van der Waals surface area (Å²) in [6.45, 7) is 14.2. The summed E-state index contributed by atoms with van der Waals surface area (Å²) in [6, 6.07) is 6.12. The van der Waals surface area contributed by atoms with Gasteiger partial charge in [0, 0.05) is 6.54 Å². The molecule has 4 atom stereocenters. The lowest BCUT2D eigenvalue weighted by Gasteiger charge is -2.50. The van der Waals surface area contributed by atoms with Crippen LogP contribution in [0.5, 0.6) is 5.75 Å². The molecule has 0 bridgehead atoms. The van der Waals surface area contributed by atoms with Gasteiger partial charge in [-0.25, -0.2) is 0 Å². The first-order valence-corrected chi connectivity index (χ1v) is 12.3. The summed E-state index contributed by atoms with van der Waals surface area (Å²) in [7, 11) is 0. The van der Waals surface area contributed by atoms with Gasteiger partial charge in [-0.05, 0) is 111 Å². The maximum Gasteiger partial charge on any atom is 0.115 e. The lowest BCUT2D eigenvalue weighted by Crippen LogP contribution is -2.40. The molecule has 0 aliphatic heterocycles. The predicted molar refractivity (Wildman–Crippen MR) is 124 cm³/mol. The SMILES string of the molecule is CCN(CC)CCOC/C(C)=C1\CC[C@H]2[C@@H]3CCc4cc(O)ccc4[C@H]3CC[C@]12C. The number of ether oxygens (including phenoxy) is 1. The number of aryl methyl sites for hydroxylation is 1. The van der Waals surface area contributed by atoms with Crippen molar-refractivity contribution in [2.24, 2.45) is 17.3 Å². The van der Waals surface area contributed by atoms with E-state index in [2.05, 4.69) is 38.7 Å². The number of likely N-dealkylation sites (N-methyl/N-ethyl adjacent to an activating group) is 1. The molecule has 2 fully saturated rings. The van der Waals surface area contributed by atoms with Crippen LogP contribution < -0.4 is 0 Å². The van der Waals surface area contributed by atoms with Gasteiger partial charge in [0.15, 0.2) is 0 Å². The average molecular weight is 412 g/mol. The number of aromatic hydroxyl groups is 1. The lowest BCUT2D eigenvalue weighted by molar-refractivity contribution is 0.0789. The van der Waals surface area contributed by atoms with E-state index in [1.807, 2.05) is 12.1 Å². The van der Waals surface area contributed by atoms with Crippen LogP contribution in [0, 0.1) is 17.3 Å². The van der Waals surface area contributed by atoms with Crippen molar-refractivity contribution in [2.75, 3.05) is 32.8 Å². The van der Waals surface area contributed by atoms with Crippen molar-refractivity contribution < 1.29 is 9.84 Å². The summed E-state index contributed by atoms with van der Waals surface area (Å²) in [5, 5.41) is 9.90.